The highest BCUT2D eigenvalue weighted by molar-refractivity contribution is 6.74. The summed E-state index contributed by atoms with van der Waals surface area (Å²) < 4.78 is 25.0. The van der Waals surface area contributed by atoms with E-state index in [2.05, 4.69) is 53.0 Å². The first-order valence-corrected chi connectivity index (χ1v) is 22.5. The fourth-order valence-corrected chi connectivity index (χ4v) is 6.79. The van der Waals surface area contributed by atoms with Crippen LogP contribution < -0.4 is 5.32 Å². The van der Waals surface area contributed by atoms with Gasteiger partial charge in [-0.15, -0.1) is 0 Å². The summed E-state index contributed by atoms with van der Waals surface area (Å²) in [7, 11) is -2.12. The van der Waals surface area contributed by atoms with Crippen LogP contribution in [-0.4, -0.2) is 69.0 Å². The van der Waals surface area contributed by atoms with Gasteiger partial charge in [-0.3, -0.25) is 9.59 Å². The number of allylic oxidation sites excluding steroid dienone is 1. The number of carbonyl (C=O) groups is 2. The van der Waals surface area contributed by atoms with Gasteiger partial charge in [0.15, 0.2) is 8.32 Å². The van der Waals surface area contributed by atoms with Gasteiger partial charge in [-0.25, -0.2) is 0 Å². The van der Waals surface area contributed by atoms with Gasteiger partial charge in [0.2, 0.25) is 12.2 Å². The molecule has 2 N–H and O–H groups in total. The molecule has 1 fully saturated rings. The highest BCUT2D eigenvalue weighted by atomic mass is 28.4. The van der Waals surface area contributed by atoms with Crippen molar-refractivity contribution in [2.45, 2.75) is 212 Å². The van der Waals surface area contributed by atoms with E-state index >= 15 is 0 Å². The summed E-state index contributed by atoms with van der Waals surface area (Å²) in [5.74, 6) is -0.474. The summed E-state index contributed by atoms with van der Waals surface area (Å²) in [6, 6.07) is -0.789. The van der Waals surface area contributed by atoms with Crippen molar-refractivity contribution < 1.29 is 33.3 Å². The third-order valence-electron chi connectivity index (χ3n) is 9.99. The molecule has 1 saturated heterocycles. The Hall–Kier alpha value is -1.26. The first-order valence-electron chi connectivity index (χ1n) is 19.5. The van der Waals surface area contributed by atoms with Crippen LogP contribution in [0, 0.1) is 0 Å². The van der Waals surface area contributed by atoms with E-state index in [-0.39, 0.29) is 23.8 Å². The third-order valence-corrected chi connectivity index (χ3v) is 14.5. The molecule has 1 rings (SSSR count). The van der Waals surface area contributed by atoms with E-state index in [0.29, 0.717) is 13.0 Å². The molecule has 8 nitrogen and oxygen atoms in total. The van der Waals surface area contributed by atoms with E-state index in [1.165, 1.54) is 76.9 Å². The van der Waals surface area contributed by atoms with E-state index in [1.807, 2.05) is 6.92 Å². The largest absolute Gasteiger partial charge is 0.471 e. The van der Waals surface area contributed by atoms with Gasteiger partial charge in [0.1, 0.15) is 30.1 Å². The number of rotatable bonds is 28. The van der Waals surface area contributed by atoms with Crippen molar-refractivity contribution in [3.63, 3.8) is 0 Å². The number of amides is 1. The number of aliphatic hydroxyl groups excluding tert-OH is 1. The lowest BCUT2D eigenvalue weighted by Gasteiger charge is -2.45. The van der Waals surface area contributed by atoms with Crippen molar-refractivity contribution >= 4 is 20.0 Å². The first kappa shape index (κ1) is 44.8. The lowest BCUT2D eigenvalue weighted by Crippen LogP contribution is -2.66. The van der Waals surface area contributed by atoms with Crippen molar-refractivity contribution in [2.24, 2.45) is 0 Å². The molecule has 1 aliphatic heterocycles. The molecule has 0 aromatic carbocycles. The lowest BCUT2D eigenvalue weighted by atomic mass is 9.96. The van der Waals surface area contributed by atoms with Crippen molar-refractivity contribution in [3.8, 4) is 0 Å². The molecule has 1 unspecified atom stereocenters. The van der Waals surface area contributed by atoms with Gasteiger partial charge >= 0.3 is 0 Å². The summed E-state index contributed by atoms with van der Waals surface area (Å²) in [6.07, 6.45) is 20.0. The fourth-order valence-electron chi connectivity index (χ4n) is 5.78. The number of carbonyl (C=O) groups excluding carboxylic acids is 2. The maximum absolute atomic E-state index is 13.2. The van der Waals surface area contributed by atoms with Crippen LogP contribution in [0.25, 0.3) is 0 Å². The molecule has 0 radical (unpaired) electrons. The van der Waals surface area contributed by atoms with Crippen molar-refractivity contribution in [2.75, 3.05) is 13.2 Å². The van der Waals surface area contributed by atoms with Gasteiger partial charge in [-0.05, 0) is 37.9 Å². The van der Waals surface area contributed by atoms with E-state index in [4.69, 9.17) is 18.6 Å². The van der Waals surface area contributed by atoms with Gasteiger partial charge < -0.3 is 29.1 Å². The molecule has 9 heteroatoms. The number of ether oxygens (including phenoxy) is 3. The van der Waals surface area contributed by atoms with Crippen molar-refractivity contribution in [1.82, 2.24) is 5.32 Å². The van der Waals surface area contributed by atoms with Crippen LogP contribution in [0.1, 0.15) is 164 Å². The van der Waals surface area contributed by atoms with Gasteiger partial charge in [0, 0.05) is 13.0 Å². The number of hydrogen-bond donors (Lipinski definition) is 2. The Kier molecular flexibility index (Phi) is 23.9. The monoisotopic (exact) mass is 698 g/mol. The van der Waals surface area contributed by atoms with Crippen LogP contribution in [0.2, 0.25) is 18.1 Å². The molecule has 5 atom stereocenters. The zero-order chi connectivity index (χ0) is 35.8. The zero-order valence-electron chi connectivity index (χ0n) is 32.3. The lowest BCUT2D eigenvalue weighted by molar-refractivity contribution is -0.262. The van der Waals surface area contributed by atoms with E-state index in [1.54, 1.807) is 6.08 Å². The molecular formula is C39H75NO7Si. The summed E-state index contributed by atoms with van der Waals surface area (Å²) in [6.45, 7) is 17.8. The predicted molar refractivity (Wildman–Crippen MR) is 199 cm³/mol. The van der Waals surface area contributed by atoms with E-state index < -0.39 is 44.9 Å². The normalized spacial score (nSPS) is 21.9. The molecule has 0 spiro atoms. The SMILES string of the molecule is CC=CO[C@H]1O[C@H](CO[Si](C)(C)C(C)(C)C)[C@@H](O)[C@H](OCCCCCCCCCC)C1NC(=O)CC(=O)CCCCCCCCCCC. The second-order valence-electron chi connectivity index (χ2n) is 15.4. The Morgan fingerprint density at radius 2 is 1.35 bits per heavy atom. The second kappa shape index (κ2) is 25.7. The highest BCUT2D eigenvalue weighted by Crippen LogP contribution is 2.37. The number of hydrogen-bond acceptors (Lipinski definition) is 7. The molecule has 0 aliphatic carbocycles. The number of Topliss-reactive ketones (excluding diaryl/α,β-unsaturated/α-hetero) is 1. The number of ketones is 1. The minimum Gasteiger partial charge on any atom is -0.471 e. The van der Waals surface area contributed by atoms with E-state index in [9.17, 15) is 14.7 Å². The fraction of sp³-hybridized carbons (Fsp3) is 0.897. The quantitative estimate of drug-likeness (QED) is 0.0363. The molecule has 0 aromatic rings. The van der Waals surface area contributed by atoms with Gasteiger partial charge in [-0.2, -0.15) is 0 Å². The molecule has 282 valence electrons. The molecule has 0 aromatic heterocycles. The average molecular weight is 698 g/mol. The van der Waals surface area contributed by atoms with Gasteiger partial charge in [0.25, 0.3) is 0 Å². The summed E-state index contributed by atoms with van der Waals surface area (Å²) in [5, 5.41) is 14.6. The Morgan fingerprint density at radius 1 is 0.833 bits per heavy atom. The summed E-state index contributed by atoms with van der Waals surface area (Å²) in [5.41, 5.74) is 0. The molecule has 1 aliphatic rings. The Bertz CT molecular complexity index is 875. The smallest absolute Gasteiger partial charge is 0.227 e. The minimum absolute atomic E-state index is 0.00277. The predicted octanol–water partition coefficient (Wildman–Crippen LogP) is 9.54. The topological polar surface area (TPSA) is 103 Å². The Morgan fingerprint density at radius 3 is 1.88 bits per heavy atom. The van der Waals surface area contributed by atoms with E-state index in [0.717, 1.165) is 38.5 Å². The van der Waals surface area contributed by atoms with Crippen LogP contribution in [-0.2, 0) is 28.2 Å². The number of nitrogens with one attached hydrogen (secondary N) is 1. The van der Waals surface area contributed by atoms with Crippen LogP contribution in [0.4, 0.5) is 0 Å². The van der Waals surface area contributed by atoms with Gasteiger partial charge in [-0.1, -0.05) is 137 Å². The van der Waals surface area contributed by atoms with Crippen LogP contribution in [0.15, 0.2) is 12.3 Å². The maximum Gasteiger partial charge on any atom is 0.227 e. The van der Waals surface area contributed by atoms with Crippen molar-refractivity contribution in [1.29, 1.82) is 0 Å². The second-order valence-corrected chi connectivity index (χ2v) is 20.2. The van der Waals surface area contributed by atoms with Crippen molar-refractivity contribution in [3.05, 3.63) is 12.3 Å². The van der Waals surface area contributed by atoms with Crippen LogP contribution in [0.3, 0.4) is 0 Å². The number of unbranched alkanes of at least 4 members (excludes halogenated alkanes) is 15. The minimum atomic E-state index is -2.12. The maximum atomic E-state index is 13.2. The Labute approximate surface area is 296 Å². The zero-order valence-corrected chi connectivity index (χ0v) is 33.3. The number of aliphatic hydroxyl groups is 1. The standard InChI is InChI=1S/C39H75NO7Si/c1-9-12-14-16-18-20-21-23-25-27-32(41)30-34(42)40-35-37(44-29-26-24-22-19-17-15-13-10-2)36(43)33(47-38(35)45-28-11-3)31-46-48(7,8)39(4,5)6/h11,28,33,35-38,43H,9-10,12-27,29-31H2,1-8H3,(H,40,42)/t33-,35?,36-,37-,38+/m1/s1. The summed E-state index contributed by atoms with van der Waals surface area (Å²) >= 11 is 0. The van der Waals surface area contributed by atoms with Gasteiger partial charge in [0.05, 0.1) is 19.3 Å². The molecule has 0 bridgehead atoms. The average Bonchev–Trinajstić information content (AvgIpc) is 3.02. The molecular weight excluding hydrogens is 623 g/mol. The first-order chi connectivity index (χ1) is 22.9. The molecule has 1 heterocycles. The van der Waals surface area contributed by atoms with Crippen LogP contribution >= 0.6 is 0 Å². The highest BCUT2D eigenvalue weighted by Gasteiger charge is 2.49. The Balaban J connectivity index is 2.85. The third kappa shape index (κ3) is 18.7. The summed E-state index contributed by atoms with van der Waals surface area (Å²) in [4.78, 5) is 25.9. The molecule has 48 heavy (non-hydrogen) atoms. The van der Waals surface area contributed by atoms with Crippen LogP contribution in [0.5, 0.6) is 0 Å². The molecule has 0 saturated carbocycles. The molecule has 1 amide bonds.